The average molecular weight is 428 g/mol. The molecular formula is C26H24N2O4. The van der Waals surface area contributed by atoms with Gasteiger partial charge in [-0.05, 0) is 55.1 Å². The highest BCUT2D eigenvalue weighted by Crippen LogP contribution is 2.31. The number of benzene rings is 3. The van der Waals surface area contributed by atoms with Gasteiger partial charge in [-0.3, -0.25) is 4.79 Å². The summed E-state index contributed by atoms with van der Waals surface area (Å²) in [6.45, 7) is 3.15. The maximum absolute atomic E-state index is 13.0. The molecule has 1 amide bonds. The van der Waals surface area contributed by atoms with Gasteiger partial charge < -0.3 is 19.7 Å². The second-order valence-corrected chi connectivity index (χ2v) is 8.10. The SMILES string of the molecule is CC(C)(NC(=O)c1ccc2ccccc2c1OCc1cccc(-n2cccc2)c1)C(=O)O. The van der Waals surface area contributed by atoms with Gasteiger partial charge in [0.2, 0.25) is 0 Å². The first-order valence-electron chi connectivity index (χ1n) is 10.3. The van der Waals surface area contributed by atoms with E-state index < -0.39 is 17.4 Å². The lowest BCUT2D eigenvalue weighted by Gasteiger charge is -2.22. The number of amides is 1. The fourth-order valence-electron chi connectivity index (χ4n) is 3.45. The summed E-state index contributed by atoms with van der Waals surface area (Å²) in [7, 11) is 0. The molecule has 0 bridgehead atoms. The second kappa shape index (κ2) is 8.59. The third kappa shape index (κ3) is 4.34. The highest BCUT2D eigenvalue weighted by molar-refractivity contribution is 6.05. The van der Waals surface area contributed by atoms with Gasteiger partial charge in [-0.1, -0.05) is 42.5 Å². The summed E-state index contributed by atoms with van der Waals surface area (Å²) in [4.78, 5) is 24.5. The number of carboxylic acids is 1. The lowest BCUT2D eigenvalue weighted by molar-refractivity contribution is -0.143. The smallest absolute Gasteiger partial charge is 0.328 e. The minimum Gasteiger partial charge on any atom is -0.487 e. The van der Waals surface area contributed by atoms with Crippen molar-refractivity contribution in [2.24, 2.45) is 0 Å². The first kappa shape index (κ1) is 21.2. The van der Waals surface area contributed by atoms with Crippen LogP contribution in [0.1, 0.15) is 29.8 Å². The molecule has 1 heterocycles. The Hall–Kier alpha value is -4.06. The number of rotatable bonds is 7. The van der Waals surface area contributed by atoms with Crippen LogP contribution >= 0.6 is 0 Å². The van der Waals surface area contributed by atoms with Crippen LogP contribution in [0, 0.1) is 0 Å². The average Bonchev–Trinajstić information content (AvgIpc) is 3.32. The van der Waals surface area contributed by atoms with Crippen LogP contribution in [0.25, 0.3) is 16.5 Å². The molecule has 0 atom stereocenters. The van der Waals surface area contributed by atoms with E-state index in [0.29, 0.717) is 11.3 Å². The molecule has 0 spiro atoms. The molecule has 6 nitrogen and oxygen atoms in total. The van der Waals surface area contributed by atoms with Gasteiger partial charge in [0.15, 0.2) is 0 Å². The number of fused-ring (bicyclic) bond motifs is 1. The van der Waals surface area contributed by atoms with Crippen LogP contribution in [0.2, 0.25) is 0 Å². The van der Waals surface area contributed by atoms with Crippen molar-refractivity contribution in [3.8, 4) is 11.4 Å². The van der Waals surface area contributed by atoms with Crippen LogP contribution in [-0.2, 0) is 11.4 Å². The lowest BCUT2D eigenvalue weighted by Crippen LogP contribution is -2.49. The Morgan fingerprint density at radius 2 is 1.72 bits per heavy atom. The Balaban J connectivity index is 1.67. The van der Waals surface area contributed by atoms with Crippen molar-refractivity contribution in [1.82, 2.24) is 9.88 Å². The van der Waals surface area contributed by atoms with E-state index in [1.165, 1.54) is 13.8 Å². The Bertz CT molecular complexity index is 1280. The number of hydrogen-bond acceptors (Lipinski definition) is 3. The highest BCUT2D eigenvalue weighted by Gasteiger charge is 2.30. The van der Waals surface area contributed by atoms with Crippen LogP contribution < -0.4 is 10.1 Å². The van der Waals surface area contributed by atoms with Crippen molar-refractivity contribution in [3.05, 3.63) is 96.3 Å². The summed E-state index contributed by atoms with van der Waals surface area (Å²) >= 11 is 0. The molecule has 2 N–H and O–H groups in total. The number of aliphatic carboxylic acids is 1. The number of hydrogen-bond donors (Lipinski definition) is 2. The third-order valence-electron chi connectivity index (χ3n) is 5.28. The van der Waals surface area contributed by atoms with Gasteiger partial charge in [0.25, 0.3) is 5.91 Å². The van der Waals surface area contributed by atoms with Crippen LogP contribution in [-0.4, -0.2) is 27.1 Å². The van der Waals surface area contributed by atoms with E-state index >= 15 is 0 Å². The zero-order valence-corrected chi connectivity index (χ0v) is 17.9. The minimum absolute atomic E-state index is 0.256. The number of carboxylic acid groups (broad SMARTS) is 1. The maximum Gasteiger partial charge on any atom is 0.328 e. The topological polar surface area (TPSA) is 80.6 Å². The molecule has 0 aliphatic carbocycles. The number of aromatic nitrogens is 1. The summed E-state index contributed by atoms with van der Waals surface area (Å²) in [5, 5.41) is 13.7. The molecule has 3 aromatic carbocycles. The highest BCUT2D eigenvalue weighted by atomic mass is 16.5. The summed E-state index contributed by atoms with van der Waals surface area (Å²) in [5.41, 5.74) is 0.835. The normalized spacial score (nSPS) is 11.3. The van der Waals surface area contributed by atoms with E-state index in [1.807, 2.05) is 83.7 Å². The molecule has 32 heavy (non-hydrogen) atoms. The molecule has 0 fully saturated rings. The van der Waals surface area contributed by atoms with E-state index in [-0.39, 0.29) is 6.61 Å². The Morgan fingerprint density at radius 3 is 2.47 bits per heavy atom. The Morgan fingerprint density at radius 1 is 0.969 bits per heavy atom. The molecule has 4 rings (SSSR count). The summed E-state index contributed by atoms with van der Waals surface area (Å²) in [6.07, 6.45) is 3.94. The zero-order valence-electron chi connectivity index (χ0n) is 17.9. The molecule has 6 heteroatoms. The Labute approximate surface area is 186 Å². The second-order valence-electron chi connectivity index (χ2n) is 8.10. The van der Waals surface area contributed by atoms with Crippen LogP contribution in [0.3, 0.4) is 0 Å². The summed E-state index contributed by atoms with van der Waals surface area (Å²) in [5.74, 6) is -1.19. The van der Waals surface area contributed by atoms with Gasteiger partial charge in [-0.2, -0.15) is 0 Å². The van der Waals surface area contributed by atoms with E-state index in [2.05, 4.69) is 5.32 Å². The van der Waals surface area contributed by atoms with Crippen molar-refractivity contribution in [1.29, 1.82) is 0 Å². The van der Waals surface area contributed by atoms with Gasteiger partial charge in [-0.15, -0.1) is 0 Å². The van der Waals surface area contributed by atoms with Gasteiger partial charge >= 0.3 is 5.97 Å². The van der Waals surface area contributed by atoms with Gasteiger partial charge in [-0.25, -0.2) is 4.79 Å². The van der Waals surface area contributed by atoms with E-state index in [4.69, 9.17) is 4.74 Å². The maximum atomic E-state index is 13.0. The monoisotopic (exact) mass is 428 g/mol. The molecule has 0 unspecified atom stereocenters. The van der Waals surface area contributed by atoms with Crippen LogP contribution in [0.5, 0.6) is 5.75 Å². The largest absolute Gasteiger partial charge is 0.487 e. The summed E-state index contributed by atoms with van der Waals surface area (Å²) in [6, 6.07) is 23.0. The standard InChI is InChI=1S/C26H24N2O4/c1-26(2,25(30)31)27-24(29)22-13-12-19-9-3-4-11-21(19)23(22)32-17-18-8-7-10-20(16-18)28-14-5-6-15-28/h3-16H,17H2,1-2H3,(H,27,29)(H,30,31). The fraction of sp³-hybridized carbons (Fsp3) is 0.154. The van der Waals surface area contributed by atoms with Crippen molar-refractivity contribution in [2.45, 2.75) is 26.0 Å². The predicted octanol–water partition coefficient (Wildman–Crippen LogP) is 4.80. The number of ether oxygens (including phenoxy) is 1. The van der Waals surface area contributed by atoms with Crippen LogP contribution in [0.4, 0.5) is 0 Å². The molecule has 0 aliphatic heterocycles. The molecule has 0 saturated carbocycles. The van der Waals surface area contributed by atoms with E-state index in [0.717, 1.165) is 22.0 Å². The Kier molecular flexibility index (Phi) is 5.69. The number of nitrogens with one attached hydrogen (secondary N) is 1. The lowest BCUT2D eigenvalue weighted by atomic mass is 10.0. The zero-order chi connectivity index (χ0) is 22.7. The number of carbonyl (C=O) groups excluding carboxylic acids is 1. The van der Waals surface area contributed by atoms with Crippen molar-refractivity contribution < 1.29 is 19.4 Å². The summed E-state index contributed by atoms with van der Waals surface area (Å²) < 4.78 is 8.20. The first-order valence-corrected chi connectivity index (χ1v) is 10.3. The predicted molar refractivity (Wildman–Crippen MR) is 123 cm³/mol. The van der Waals surface area contributed by atoms with Crippen molar-refractivity contribution in [2.75, 3.05) is 0 Å². The van der Waals surface area contributed by atoms with Crippen molar-refractivity contribution >= 4 is 22.6 Å². The number of carbonyl (C=O) groups is 2. The van der Waals surface area contributed by atoms with Gasteiger partial charge in [0.1, 0.15) is 17.9 Å². The number of nitrogens with zero attached hydrogens (tertiary/aromatic N) is 1. The molecule has 0 radical (unpaired) electrons. The molecule has 4 aromatic rings. The first-order chi connectivity index (χ1) is 15.3. The molecule has 0 saturated heterocycles. The quantitative estimate of drug-likeness (QED) is 0.443. The fourth-order valence-corrected chi connectivity index (χ4v) is 3.45. The van der Waals surface area contributed by atoms with Crippen LogP contribution in [0.15, 0.2) is 85.2 Å². The molecule has 1 aromatic heterocycles. The van der Waals surface area contributed by atoms with Crippen molar-refractivity contribution in [3.63, 3.8) is 0 Å². The molecule has 0 aliphatic rings. The molecular weight excluding hydrogens is 404 g/mol. The van der Waals surface area contributed by atoms with E-state index in [1.54, 1.807) is 6.07 Å². The molecule has 162 valence electrons. The van der Waals surface area contributed by atoms with Gasteiger partial charge in [0.05, 0.1) is 5.56 Å². The van der Waals surface area contributed by atoms with E-state index in [9.17, 15) is 14.7 Å². The third-order valence-corrected chi connectivity index (χ3v) is 5.28. The minimum atomic E-state index is -1.41. The van der Waals surface area contributed by atoms with Gasteiger partial charge in [0, 0.05) is 23.5 Å².